The van der Waals surface area contributed by atoms with Gasteiger partial charge in [-0.15, -0.1) is 0 Å². The van der Waals surface area contributed by atoms with Crippen LogP contribution in [0.1, 0.15) is 5.56 Å². The lowest BCUT2D eigenvalue weighted by molar-refractivity contribution is -0.384. The molecule has 2 N–H and O–H groups in total. The second-order valence-electron chi connectivity index (χ2n) is 2.58. The number of nitrogens with zero attached hydrogens (tertiary/aromatic N) is 1. The predicted octanol–water partition coefficient (Wildman–Crippen LogP) is 1.89. The molecule has 4 nitrogen and oxygen atoms in total. The first-order chi connectivity index (χ1) is 6.59. The molecule has 0 aliphatic carbocycles. The molecule has 14 heavy (non-hydrogen) atoms. The van der Waals surface area contributed by atoms with Crippen molar-refractivity contribution in [3.8, 4) is 0 Å². The van der Waals surface area contributed by atoms with Gasteiger partial charge in [0, 0.05) is 12.1 Å². The van der Waals surface area contributed by atoms with Crippen LogP contribution in [0, 0.1) is 10.1 Å². The lowest BCUT2D eigenvalue weighted by atomic mass is 10.2. The van der Waals surface area contributed by atoms with E-state index in [1.54, 1.807) is 24.3 Å². The molecule has 0 amide bonds. The minimum atomic E-state index is -0.443. The lowest BCUT2D eigenvalue weighted by Crippen LogP contribution is -2.01. The summed E-state index contributed by atoms with van der Waals surface area (Å²) in [5, 5.41) is 10.3. The Kier molecular flexibility index (Phi) is 3.30. The molecule has 1 rings (SSSR count). The van der Waals surface area contributed by atoms with Crippen molar-refractivity contribution in [1.82, 2.24) is 0 Å². The maximum absolute atomic E-state index is 10.3. The number of nitro groups is 1. The smallest absolute Gasteiger partial charge is 0.269 e. The largest absolute Gasteiger partial charge is 0.390 e. The maximum atomic E-state index is 10.3. The summed E-state index contributed by atoms with van der Waals surface area (Å²) in [6, 6.07) is 6.12. The third kappa shape index (κ3) is 2.95. The van der Waals surface area contributed by atoms with E-state index in [-0.39, 0.29) is 10.7 Å². The molecule has 0 aromatic heterocycles. The second kappa shape index (κ2) is 4.48. The molecule has 5 heteroatoms. The molecule has 0 spiro atoms. The normalized spacial score (nSPS) is 10.3. The first kappa shape index (κ1) is 10.3. The molecule has 0 saturated carbocycles. The minimum Gasteiger partial charge on any atom is -0.390 e. The lowest BCUT2D eigenvalue weighted by Gasteiger charge is -1.93. The van der Waals surface area contributed by atoms with Gasteiger partial charge in [0.05, 0.1) is 9.91 Å². The molecule has 0 aliphatic heterocycles. The molecule has 0 aliphatic rings. The quantitative estimate of drug-likeness (QED) is 0.356. The Morgan fingerprint density at radius 3 is 2.43 bits per heavy atom. The highest BCUT2D eigenvalue weighted by atomic mass is 32.1. The molecule has 0 bridgehead atoms. The monoisotopic (exact) mass is 208 g/mol. The van der Waals surface area contributed by atoms with Gasteiger partial charge in [-0.1, -0.05) is 18.3 Å². The second-order valence-corrected chi connectivity index (χ2v) is 3.06. The van der Waals surface area contributed by atoms with Gasteiger partial charge in [-0.3, -0.25) is 10.1 Å². The fourth-order valence-electron chi connectivity index (χ4n) is 0.886. The Balaban J connectivity index is 2.83. The number of nitro benzene ring substituents is 1. The Labute approximate surface area is 86.2 Å². The van der Waals surface area contributed by atoms with Crippen molar-refractivity contribution in [1.29, 1.82) is 0 Å². The zero-order chi connectivity index (χ0) is 10.6. The van der Waals surface area contributed by atoms with Gasteiger partial charge in [-0.05, 0) is 23.8 Å². The molecular weight excluding hydrogens is 200 g/mol. The number of non-ortho nitro benzene ring substituents is 1. The number of benzene rings is 1. The van der Waals surface area contributed by atoms with Crippen LogP contribution in [0.15, 0.2) is 30.3 Å². The number of rotatable bonds is 3. The standard InChI is InChI=1S/C9H8N2O2S/c10-9(14)6-3-7-1-4-8(5-2-7)11(12)13/h1-6H,(H2,10,14)/b6-3+. The van der Waals surface area contributed by atoms with E-state index in [0.717, 1.165) is 5.56 Å². The van der Waals surface area contributed by atoms with Crippen LogP contribution in [-0.2, 0) is 0 Å². The summed E-state index contributed by atoms with van der Waals surface area (Å²) >= 11 is 4.64. The summed E-state index contributed by atoms with van der Waals surface area (Å²) < 4.78 is 0. The molecule has 0 saturated heterocycles. The number of hydrogen-bond donors (Lipinski definition) is 1. The first-order valence-corrected chi connectivity index (χ1v) is 4.22. The molecule has 0 radical (unpaired) electrons. The topological polar surface area (TPSA) is 69.2 Å². The van der Waals surface area contributed by atoms with Crippen LogP contribution in [0.5, 0.6) is 0 Å². The molecule has 72 valence electrons. The summed E-state index contributed by atoms with van der Waals surface area (Å²) in [6.07, 6.45) is 3.27. The van der Waals surface area contributed by atoms with Crippen LogP contribution in [-0.4, -0.2) is 9.91 Å². The van der Waals surface area contributed by atoms with Crippen molar-refractivity contribution in [2.24, 2.45) is 5.73 Å². The molecule has 0 fully saturated rings. The van der Waals surface area contributed by atoms with E-state index in [4.69, 9.17) is 5.73 Å². The number of thiocarbonyl (C=S) groups is 1. The fraction of sp³-hybridized carbons (Fsp3) is 0. The molecular formula is C9H8N2O2S. The molecule has 0 heterocycles. The maximum Gasteiger partial charge on any atom is 0.269 e. The van der Waals surface area contributed by atoms with Crippen LogP contribution in [0.4, 0.5) is 5.69 Å². The van der Waals surface area contributed by atoms with Gasteiger partial charge >= 0.3 is 0 Å². The van der Waals surface area contributed by atoms with E-state index in [1.807, 2.05) is 0 Å². The van der Waals surface area contributed by atoms with E-state index < -0.39 is 4.92 Å². The van der Waals surface area contributed by atoms with Gasteiger partial charge in [-0.2, -0.15) is 0 Å². The van der Waals surface area contributed by atoms with E-state index >= 15 is 0 Å². The Hall–Kier alpha value is -1.75. The fourth-order valence-corrected chi connectivity index (χ4v) is 0.954. The average Bonchev–Trinajstić information content (AvgIpc) is 2.15. The van der Waals surface area contributed by atoms with Crippen molar-refractivity contribution in [2.45, 2.75) is 0 Å². The zero-order valence-corrected chi connectivity index (χ0v) is 8.03. The van der Waals surface area contributed by atoms with Crippen LogP contribution >= 0.6 is 12.2 Å². The Bertz CT molecular complexity index is 384. The van der Waals surface area contributed by atoms with Gasteiger partial charge in [0.25, 0.3) is 5.69 Å². The summed E-state index contributed by atoms with van der Waals surface area (Å²) in [5.74, 6) is 0. The van der Waals surface area contributed by atoms with Gasteiger partial charge in [0.1, 0.15) is 0 Å². The average molecular weight is 208 g/mol. The van der Waals surface area contributed by atoms with Crippen molar-refractivity contribution >= 4 is 29.0 Å². The van der Waals surface area contributed by atoms with E-state index in [1.165, 1.54) is 12.1 Å². The van der Waals surface area contributed by atoms with Crippen LogP contribution < -0.4 is 5.73 Å². The predicted molar refractivity (Wildman–Crippen MR) is 58.9 cm³/mol. The first-order valence-electron chi connectivity index (χ1n) is 3.81. The summed E-state index contributed by atoms with van der Waals surface area (Å²) in [7, 11) is 0. The highest BCUT2D eigenvalue weighted by Crippen LogP contribution is 2.12. The van der Waals surface area contributed by atoms with Crippen molar-refractivity contribution in [3.05, 3.63) is 46.0 Å². The highest BCUT2D eigenvalue weighted by molar-refractivity contribution is 7.80. The Morgan fingerprint density at radius 2 is 2.00 bits per heavy atom. The van der Waals surface area contributed by atoms with Crippen LogP contribution in [0.25, 0.3) is 6.08 Å². The zero-order valence-electron chi connectivity index (χ0n) is 7.21. The van der Waals surface area contributed by atoms with Crippen molar-refractivity contribution < 1.29 is 4.92 Å². The molecule has 1 aromatic rings. The third-order valence-corrected chi connectivity index (χ3v) is 1.68. The van der Waals surface area contributed by atoms with E-state index in [0.29, 0.717) is 0 Å². The van der Waals surface area contributed by atoms with Crippen LogP contribution in [0.3, 0.4) is 0 Å². The third-order valence-electron chi connectivity index (χ3n) is 1.54. The van der Waals surface area contributed by atoms with E-state index in [9.17, 15) is 10.1 Å². The molecule has 0 atom stereocenters. The van der Waals surface area contributed by atoms with E-state index in [2.05, 4.69) is 12.2 Å². The number of nitrogens with two attached hydrogens (primary N) is 1. The van der Waals surface area contributed by atoms with Crippen molar-refractivity contribution in [2.75, 3.05) is 0 Å². The van der Waals surface area contributed by atoms with Gasteiger partial charge < -0.3 is 5.73 Å². The summed E-state index contributed by atoms with van der Waals surface area (Å²) in [6.45, 7) is 0. The van der Waals surface area contributed by atoms with Crippen LogP contribution in [0.2, 0.25) is 0 Å². The SMILES string of the molecule is NC(=S)/C=C/c1ccc([N+](=O)[O-])cc1. The molecule has 1 aromatic carbocycles. The summed E-state index contributed by atoms with van der Waals surface area (Å²) in [4.78, 5) is 10.2. The van der Waals surface area contributed by atoms with Gasteiger partial charge in [0.15, 0.2) is 0 Å². The van der Waals surface area contributed by atoms with Crippen molar-refractivity contribution in [3.63, 3.8) is 0 Å². The van der Waals surface area contributed by atoms with Gasteiger partial charge in [-0.25, -0.2) is 0 Å². The van der Waals surface area contributed by atoms with Gasteiger partial charge in [0.2, 0.25) is 0 Å². The minimum absolute atomic E-state index is 0.0671. The molecule has 0 unspecified atom stereocenters. The Morgan fingerprint density at radius 1 is 1.43 bits per heavy atom. The number of hydrogen-bond acceptors (Lipinski definition) is 3. The summed E-state index contributed by atoms with van der Waals surface area (Å²) in [5.41, 5.74) is 6.14. The highest BCUT2D eigenvalue weighted by Gasteiger charge is 2.01.